The van der Waals surface area contributed by atoms with Gasteiger partial charge in [0, 0.05) is 0 Å². The summed E-state index contributed by atoms with van der Waals surface area (Å²) in [5.74, 6) is 0. The van der Waals surface area contributed by atoms with E-state index in [4.69, 9.17) is 0 Å². The lowest BCUT2D eigenvalue weighted by Crippen LogP contribution is -1.70. The standard InChI is InChI=1S/CH4O2P2/c2-1(4)3-5/h4-5H2. The van der Waals surface area contributed by atoms with E-state index in [1.165, 1.54) is 0 Å². The minimum atomic E-state index is -0.366. The second-order valence-corrected chi connectivity index (χ2v) is 1.14. The highest BCUT2D eigenvalue weighted by Crippen LogP contribution is 1.94. The van der Waals surface area contributed by atoms with E-state index in [0.717, 1.165) is 0 Å². The van der Waals surface area contributed by atoms with E-state index < -0.39 is 0 Å². The third-order valence-corrected chi connectivity index (χ3v) is 0.757. The quantitative estimate of drug-likeness (QED) is 0.431. The molecule has 30 valence electrons. The molecule has 0 heterocycles. The Balaban J connectivity index is 2.85. The summed E-state index contributed by atoms with van der Waals surface area (Å²) < 4.78 is 3.99. The summed E-state index contributed by atoms with van der Waals surface area (Å²) in [6, 6.07) is 0. The Morgan fingerprint density at radius 3 is 2.00 bits per heavy atom. The maximum Gasteiger partial charge on any atom is 0.321 e. The number of carbonyl (C=O) groups excluding carboxylic acids is 1. The Kier molecular flexibility index (Phi) is 2.73. The predicted molar refractivity (Wildman–Crippen MR) is 25.9 cm³/mol. The Morgan fingerprint density at radius 1 is 1.80 bits per heavy atom. The molecule has 0 saturated heterocycles. The third kappa shape index (κ3) is 4.33. The lowest BCUT2D eigenvalue weighted by Gasteiger charge is -1.80. The molecule has 0 amide bonds. The number of rotatable bonds is 0. The highest BCUT2D eigenvalue weighted by molar-refractivity contribution is 7.40. The molecule has 0 aromatic heterocycles. The maximum atomic E-state index is 9.53. The van der Waals surface area contributed by atoms with Crippen LogP contribution in [0.25, 0.3) is 0 Å². The van der Waals surface area contributed by atoms with Crippen LogP contribution < -0.4 is 0 Å². The molecule has 2 unspecified atom stereocenters. The van der Waals surface area contributed by atoms with Crippen LogP contribution in [0.1, 0.15) is 0 Å². The van der Waals surface area contributed by atoms with Gasteiger partial charge in [-0.1, -0.05) is 0 Å². The Labute approximate surface area is 34.8 Å². The molecular weight excluding hydrogens is 106 g/mol. The molecule has 0 N–H and O–H groups in total. The number of hydrogen-bond donors (Lipinski definition) is 0. The first-order valence-corrected chi connectivity index (χ1v) is 1.98. The molecule has 0 aliphatic heterocycles. The second-order valence-electron chi connectivity index (χ2n) is 0.437. The van der Waals surface area contributed by atoms with Crippen LogP contribution in [-0.4, -0.2) is 5.71 Å². The molecule has 2 atom stereocenters. The summed E-state index contributed by atoms with van der Waals surface area (Å²) in [4.78, 5) is 9.53. The second kappa shape index (κ2) is 2.56. The van der Waals surface area contributed by atoms with Crippen molar-refractivity contribution < 1.29 is 9.32 Å². The van der Waals surface area contributed by atoms with Crippen molar-refractivity contribution >= 4 is 24.4 Å². The Bertz CT molecular complexity index is 42.9. The van der Waals surface area contributed by atoms with Crippen molar-refractivity contribution in [3.63, 3.8) is 0 Å². The Morgan fingerprint density at radius 2 is 2.00 bits per heavy atom. The van der Waals surface area contributed by atoms with Crippen LogP contribution in [-0.2, 0) is 4.52 Å². The smallest absolute Gasteiger partial charge is 0.321 e. The molecule has 4 heteroatoms. The fourth-order valence-corrected chi connectivity index (χ4v) is 0. The van der Waals surface area contributed by atoms with Gasteiger partial charge in [0.15, 0.2) is 0 Å². The van der Waals surface area contributed by atoms with Gasteiger partial charge in [-0.25, -0.2) is 4.79 Å². The summed E-state index contributed by atoms with van der Waals surface area (Å²) in [6.07, 6.45) is 0. The maximum absolute atomic E-state index is 9.53. The lowest BCUT2D eigenvalue weighted by molar-refractivity contribution is 0.233. The molecule has 0 spiro atoms. The number of carbonyl (C=O) groups is 1. The molecule has 0 saturated carbocycles. The predicted octanol–water partition coefficient (Wildman–Crippen LogP) is 0.788. The SMILES string of the molecule is O=C(P)OP. The van der Waals surface area contributed by atoms with Gasteiger partial charge in [0.25, 0.3) is 0 Å². The van der Waals surface area contributed by atoms with E-state index in [-0.39, 0.29) is 5.71 Å². The first-order chi connectivity index (χ1) is 2.27. The van der Waals surface area contributed by atoms with Gasteiger partial charge in [-0.05, 0) is 9.24 Å². The topological polar surface area (TPSA) is 26.3 Å². The van der Waals surface area contributed by atoms with Crippen molar-refractivity contribution in [1.82, 2.24) is 0 Å². The van der Waals surface area contributed by atoms with Gasteiger partial charge in [-0.15, -0.1) is 0 Å². The van der Waals surface area contributed by atoms with Crippen LogP contribution >= 0.6 is 18.7 Å². The van der Waals surface area contributed by atoms with Crippen LogP contribution in [0.4, 0.5) is 4.79 Å². The van der Waals surface area contributed by atoms with Gasteiger partial charge < -0.3 is 4.52 Å². The van der Waals surface area contributed by atoms with Crippen LogP contribution in [0.15, 0.2) is 0 Å². The van der Waals surface area contributed by atoms with Crippen molar-refractivity contribution in [3.05, 3.63) is 0 Å². The molecule has 0 aliphatic carbocycles. The van der Waals surface area contributed by atoms with E-state index in [2.05, 4.69) is 4.52 Å². The van der Waals surface area contributed by atoms with Crippen molar-refractivity contribution in [2.75, 3.05) is 0 Å². The van der Waals surface area contributed by atoms with E-state index >= 15 is 0 Å². The van der Waals surface area contributed by atoms with E-state index in [1.54, 1.807) is 0 Å². The molecule has 0 aliphatic rings. The fraction of sp³-hybridized carbons (Fsp3) is 0. The molecule has 0 radical (unpaired) electrons. The van der Waals surface area contributed by atoms with Gasteiger partial charge in [0.05, 0.1) is 9.47 Å². The normalized spacial score (nSPS) is 6.80. The van der Waals surface area contributed by atoms with Crippen molar-refractivity contribution in [2.45, 2.75) is 0 Å². The Hall–Kier alpha value is 0.330. The van der Waals surface area contributed by atoms with Crippen molar-refractivity contribution in [3.8, 4) is 0 Å². The summed E-state index contributed by atoms with van der Waals surface area (Å²) in [5.41, 5.74) is -0.366. The van der Waals surface area contributed by atoms with Gasteiger partial charge in [0.2, 0.25) is 0 Å². The molecule has 0 fully saturated rings. The average molecular weight is 110 g/mol. The first kappa shape index (κ1) is 5.33. The van der Waals surface area contributed by atoms with Crippen LogP contribution in [0.2, 0.25) is 0 Å². The van der Waals surface area contributed by atoms with Crippen LogP contribution in [0, 0.1) is 0 Å². The van der Waals surface area contributed by atoms with E-state index in [1.807, 2.05) is 18.7 Å². The molecule has 2 nitrogen and oxygen atoms in total. The van der Waals surface area contributed by atoms with Crippen LogP contribution in [0.5, 0.6) is 0 Å². The van der Waals surface area contributed by atoms with Gasteiger partial charge in [-0.2, -0.15) is 0 Å². The summed E-state index contributed by atoms with van der Waals surface area (Å²) >= 11 is 0. The van der Waals surface area contributed by atoms with E-state index in [9.17, 15) is 4.79 Å². The highest BCUT2D eigenvalue weighted by atomic mass is 31.0. The monoisotopic (exact) mass is 110 g/mol. The van der Waals surface area contributed by atoms with Gasteiger partial charge in [0.1, 0.15) is 0 Å². The third-order valence-electron chi connectivity index (χ3n) is 0.116. The van der Waals surface area contributed by atoms with Crippen molar-refractivity contribution in [1.29, 1.82) is 0 Å². The lowest BCUT2D eigenvalue weighted by atomic mass is 11.6. The van der Waals surface area contributed by atoms with Gasteiger partial charge in [-0.3, -0.25) is 0 Å². The minimum absolute atomic E-state index is 0.366. The van der Waals surface area contributed by atoms with Crippen molar-refractivity contribution in [2.24, 2.45) is 0 Å². The summed E-state index contributed by atoms with van der Waals surface area (Å²) in [7, 11) is 3.68. The highest BCUT2D eigenvalue weighted by Gasteiger charge is 1.76. The summed E-state index contributed by atoms with van der Waals surface area (Å²) in [5, 5.41) is 0. The minimum Gasteiger partial charge on any atom is -0.449 e. The zero-order valence-corrected chi connectivity index (χ0v) is 4.78. The van der Waals surface area contributed by atoms with E-state index in [0.29, 0.717) is 0 Å². The molecule has 5 heavy (non-hydrogen) atoms. The first-order valence-electron chi connectivity index (χ1n) is 0.933. The average Bonchev–Trinajstić information content (AvgIpc) is 1.38. The molecule has 0 rings (SSSR count). The van der Waals surface area contributed by atoms with Gasteiger partial charge >= 0.3 is 5.71 Å². The molecule has 0 bridgehead atoms. The zero-order chi connectivity index (χ0) is 4.28. The fourth-order valence-electron chi connectivity index (χ4n) is 0. The number of hydrogen-bond acceptors (Lipinski definition) is 2. The molecule has 0 aromatic carbocycles. The summed E-state index contributed by atoms with van der Waals surface area (Å²) in [6.45, 7) is 0. The largest absolute Gasteiger partial charge is 0.449 e. The zero-order valence-electron chi connectivity index (χ0n) is 2.47. The molecular formula is CH4O2P2. The molecule has 0 aromatic rings. The van der Waals surface area contributed by atoms with Crippen LogP contribution in [0.3, 0.4) is 0 Å².